The molecule has 1 aliphatic rings. The lowest BCUT2D eigenvalue weighted by molar-refractivity contribution is 0.0461. The smallest absolute Gasteiger partial charge is 0.169 e. The number of carbonyl (C=O) groups is 1. The summed E-state index contributed by atoms with van der Waals surface area (Å²) in [7, 11) is 0. The number of benzene rings is 1. The highest BCUT2D eigenvalue weighted by Gasteiger charge is 2.24. The Morgan fingerprint density at radius 1 is 1.38 bits per heavy atom. The van der Waals surface area contributed by atoms with Gasteiger partial charge >= 0.3 is 0 Å². The summed E-state index contributed by atoms with van der Waals surface area (Å²) in [6, 6.07) is 4.96. The number of rotatable bonds is 2. The number of halogens is 2. The summed E-state index contributed by atoms with van der Waals surface area (Å²) in [5.41, 5.74) is 0.504. The molecule has 0 amide bonds. The number of ether oxygens (including phenoxy) is 1. The molecule has 1 fully saturated rings. The van der Waals surface area contributed by atoms with E-state index < -0.39 is 0 Å². The molecule has 2 rings (SSSR count). The van der Waals surface area contributed by atoms with Crippen LogP contribution in [0.4, 0.5) is 0 Å². The van der Waals surface area contributed by atoms with Crippen molar-refractivity contribution < 1.29 is 9.53 Å². The molecule has 2 nitrogen and oxygen atoms in total. The van der Waals surface area contributed by atoms with Gasteiger partial charge in [-0.05, 0) is 31.0 Å². The monoisotopic (exact) mass is 258 g/mol. The van der Waals surface area contributed by atoms with Crippen molar-refractivity contribution in [1.29, 1.82) is 0 Å². The van der Waals surface area contributed by atoms with Crippen LogP contribution >= 0.6 is 23.2 Å². The first kappa shape index (κ1) is 11.9. The van der Waals surface area contributed by atoms with Gasteiger partial charge in [-0.15, -0.1) is 0 Å². The molecule has 0 N–H and O–H groups in total. The van der Waals surface area contributed by atoms with E-state index in [-0.39, 0.29) is 11.7 Å². The summed E-state index contributed by atoms with van der Waals surface area (Å²) in [4.78, 5) is 12.1. The molecule has 0 aromatic heterocycles. The van der Waals surface area contributed by atoms with Crippen molar-refractivity contribution in [2.24, 2.45) is 5.92 Å². The van der Waals surface area contributed by atoms with Gasteiger partial charge in [0.05, 0.1) is 11.6 Å². The van der Waals surface area contributed by atoms with Crippen LogP contribution in [0.15, 0.2) is 18.2 Å². The molecule has 1 aromatic rings. The van der Waals surface area contributed by atoms with E-state index in [1.165, 1.54) is 0 Å². The minimum absolute atomic E-state index is 0.0344. The molecule has 0 spiro atoms. The summed E-state index contributed by atoms with van der Waals surface area (Å²) < 4.78 is 5.30. The molecule has 1 saturated heterocycles. The lowest BCUT2D eigenvalue weighted by Gasteiger charge is -2.21. The molecule has 86 valence electrons. The standard InChI is InChI=1S/C12H12Cl2O2/c13-9-3-4-11(14)10(6-9)12(15)8-2-1-5-16-7-8/h3-4,6,8H,1-2,5,7H2. The van der Waals surface area contributed by atoms with Gasteiger partial charge in [-0.2, -0.15) is 0 Å². The van der Waals surface area contributed by atoms with Crippen molar-refractivity contribution in [3.8, 4) is 0 Å². The predicted octanol–water partition coefficient (Wildman–Crippen LogP) is 3.60. The molecule has 0 radical (unpaired) electrons. The molecule has 0 bridgehead atoms. The minimum Gasteiger partial charge on any atom is -0.381 e. The van der Waals surface area contributed by atoms with Crippen LogP contribution in [0.2, 0.25) is 10.0 Å². The zero-order valence-corrected chi connectivity index (χ0v) is 10.2. The molecular formula is C12H12Cl2O2. The Bertz CT molecular complexity index is 398. The summed E-state index contributed by atoms with van der Waals surface area (Å²) in [6.07, 6.45) is 1.79. The van der Waals surface area contributed by atoms with Gasteiger partial charge in [0.15, 0.2) is 5.78 Å². The fourth-order valence-electron chi connectivity index (χ4n) is 1.85. The second-order valence-electron chi connectivity index (χ2n) is 3.90. The predicted molar refractivity (Wildman–Crippen MR) is 64.3 cm³/mol. The second-order valence-corrected chi connectivity index (χ2v) is 4.75. The first-order valence-electron chi connectivity index (χ1n) is 5.25. The molecule has 1 unspecified atom stereocenters. The van der Waals surface area contributed by atoms with Crippen molar-refractivity contribution in [2.45, 2.75) is 12.8 Å². The quantitative estimate of drug-likeness (QED) is 0.758. The Hall–Kier alpha value is -0.570. The molecule has 1 aromatic carbocycles. The Kier molecular flexibility index (Phi) is 3.85. The van der Waals surface area contributed by atoms with Crippen LogP contribution in [-0.4, -0.2) is 19.0 Å². The average molecular weight is 259 g/mol. The van der Waals surface area contributed by atoms with Crippen molar-refractivity contribution in [1.82, 2.24) is 0 Å². The maximum atomic E-state index is 12.1. The second kappa shape index (κ2) is 5.17. The minimum atomic E-state index is -0.0790. The van der Waals surface area contributed by atoms with Crippen LogP contribution in [0.3, 0.4) is 0 Å². The third-order valence-corrected chi connectivity index (χ3v) is 3.29. The Labute approximate surface area is 104 Å². The first-order chi connectivity index (χ1) is 7.68. The van der Waals surface area contributed by atoms with Crippen molar-refractivity contribution in [3.63, 3.8) is 0 Å². The largest absolute Gasteiger partial charge is 0.381 e. The zero-order chi connectivity index (χ0) is 11.5. The van der Waals surface area contributed by atoms with Crippen LogP contribution in [0, 0.1) is 5.92 Å². The molecule has 4 heteroatoms. The zero-order valence-electron chi connectivity index (χ0n) is 8.71. The van der Waals surface area contributed by atoms with E-state index in [1.807, 2.05) is 0 Å². The summed E-state index contributed by atoms with van der Waals surface area (Å²) in [5, 5.41) is 0.990. The van der Waals surface area contributed by atoms with Crippen LogP contribution < -0.4 is 0 Å². The molecule has 0 aliphatic carbocycles. The number of hydrogen-bond donors (Lipinski definition) is 0. The van der Waals surface area contributed by atoms with Gasteiger partial charge in [-0.25, -0.2) is 0 Å². The van der Waals surface area contributed by atoms with E-state index in [0.717, 1.165) is 19.4 Å². The highest BCUT2D eigenvalue weighted by molar-refractivity contribution is 6.36. The van der Waals surface area contributed by atoms with Crippen molar-refractivity contribution in [2.75, 3.05) is 13.2 Å². The Balaban J connectivity index is 2.22. The van der Waals surface area contributed by atoms with Gasteiger partial charge in [0, 0.05) is 23.1 Å². The van der Waals surface area contributed by atoms with Crippen LogP contribution in [0.5, 0.6) is 0 Å². The molecule has 0 saturated carbocycles. The normalized spacial score (nSPS) is 20.8. The van der Waals surface area contributed by atoms with Gasteiger partial charge in [0.1, 0.15) is 0 Å². The summed E-state index contributed by atoms with van der Waals surface area (Å²) in [6.45, 7) is 1.23. The third-order valence-electron chi connectivity index (χ3n) is 2.72. The van der Waals surface area contributed by atoms with E-state index in [4.69, 9.17) is 27.9 Å². The third kappa shape index (κ3) is 2.57. The Morgan fingerprint density at radius 2 is 2.19 bits per heavy atom. The topological polar surface area (TPSA) is 26.3 Å². The van der Waals surface area contributed by atoms with Crippen LogP contribution in [-0.2, 0) is 4.74 Å². The van der Waals surface area contributed by atoms with Gasteiger partial charge in [-0.1, -0.05) is 23.2 Å². The number of ketones is 1. The van der Waals surface area contributed by atoms with E-state index >= 15 is 0 Å². The van der Waals surface area contributed by atoms with Gasteiger partial charge in [0.25, 0.3) is 0 Å². The molecule has 1 aliphatic heterocycles. The fourth-order valence-corrected chi connectivity index (χ4v) is 2.24. The van der Waals surface area contributed by atoms with Gasteiger partial charge in [-0.3, -0.25) is 4.79 Å². The van der Waals surface area contributed by atoms with Gasteiger partial charge < -0.3 is 4.74 Å². The SMILES string of the molecule is O=C(c1cc(Cl)ccc1Cl)C1CCCOC1. The van der Waals surface area contributed by atoms with Crippen molar-refractivity contribution in [3.05, 3.63) is 33.8 Å². The van der Waals surface area contributed by atoms with E-state index in [9.17, 15) is 4.79 Å². The maximum Gasteiger partial charge on any atom is 0.169 e. The lowest BCUT2D eigenvalue weighted by atomic mass is 9.93. The van der Waals surface area contributed by atoms with Crippen LogP contribution in [0.1, 0.15) is 23.2 Å². The fraction of sp³-hybridized carbons (Fsp3) is 0.417. The number of carbonyl (C=O) groups excluding carboxylic acids is 1. The highest BCUT2D eigenvalue weighted by Crippen LogP contribution is 2.26. The van der Waals surface area contributed by atoms with E-state index in [1.54, 1.807) is 18.2 Å². The summed E-state index contributed by atoms with van der Waals surface area (Å²) >= 11 is 11.8. The Morgan fingerprint density at radius 3 is 2.88 bits per heavy atom. The van der Waals surface area contributed by atoms with Gasteiger partial charge in [0.2, 0.25) is 0 Å². The van der Waals surface area contributed by atoms with E-state index in [2.05, 4.69) is 0 Å². The molecule has 1 heterocycles. The lowest BCUT2D eigenvalue weighted by Crippen LogP contribution is -2.25. The van der Waals surface area contributed by atoms with Crippen LogP contribution in [0.25, 0.3) is 0 Å². The average Bonchev–Trinajstić information content (AvgIpc) is 2.32. The molecule has 16 heavy (non-hydrogen) atoms. The molecule has 1 atom stereocenters. The van der Waals surface area contributed by atoms with Crippen molar-refractivity contribution >= 4 is 29.0 Å². The van der Waals surface area contributed by atoms with E-state index in [0.29, 0.717) is 22.2 Å². The maximum absolute atomic E-state index is 12.1. The molecular weight excluding hydrogens is 247 g/mol. The highest BCUT2D eigenvalue weighted by atomic mass is 35.5. The number of hydrogen-bond acceptors (Lipinski definition) is 2. The summed E-state index contributed by atoms with van der Waals surface area (Å²) in [5.74, 6) is -0.0445. The number of Topliss-reactive ketones (excluding diaryl/α,β-unsaturated/α-hetero) is 1. The first-order valence-corrected chi connectivity index (χ1v) is 6.01.